The van der Waals surface area contributed by atoms with Gasteiger partial charge in [-0.25, -0.2) is 9.97 Å². The highest BCUT2D eigenvalue weighted by molar-refractivity contribution is 9.10. The molecule has 0 saturated carbocycles. The highest BCUT2D eigenvalue weighted by Gasteiger charge is 2.14. The number of hydrogen-bond donors (Lipinski definition) is 1. The molecule has 1 saturated heterocycles. The molecule has 0 unspecified atom stereocenters. The van der Waals surface area contributed by atoms with Crippen LogP contribution in [0.4, 0.5) is 5.95 Å². The molecule has 1 aliphatic rings. The molecule has 2 N–H and O–H groups in total. The van der Waals surface area contributed by atoms with Gasteiger partial charge in [-0.2, -0.15) is 0 Å². The van der Waals surface area contributed by atoms with Crippen LogP contribution < -0.4 is 5.73 Å². The number of nitrogen functional groups attached to an aromatic ring is 1. The lowest BCUT2D eigenvalue weighted by Gasteiger charge is -2.26. The van der Waals surface area contributed by atoms with Crippen LogP contribution in [0.5, 0.6) is 0 Å². The quantitative estimate of drug-likeness (QED) is 0.692. The summed E-state index contributed by atoms with van der Waals surface area (Å²) in [4.78, 5) is 10.9. The zero-order chi connectivity index (χ0) is 17.9. The second kappa shape index (κ2) is 7.73. The van der Waals surface area contributed by atoms with E-state index in [0.717, 1.165) is 61.5 Å². The Morgan fingerprint density at radius 2 is 2.00 bits per heavy atom. The van der Waals surface area contributed by atoms with Crippen molar-refractivity contribution in [3.05, 3.63) is 41.1 Å². The SMILES string of the molecule is Nc1nccc(-c2cn(CCCN3CCOCC3)c3ccc(Br)cc23)n1. The molecule has 6 nitrogen and oxygen atoms in total. The van der Waals surface area contributed by atoms with Crippen molar-refractivity contribution in [1.82, 2.24) is 19.4 Å². The van der Waals surface area contributed by atoms with E-state index < -0.39 is 0 Å². The van der Waals surface area contributed by atoms with E-state index in [9.17, 15) is 0 Å². The minimum atomic E-state index is 0.297. The lowest BCUT2D eigenvalue weighted by molar-refractivity contribution is 0.0370. The third-order valence-electron chi connectivity index (χ3n) is 4.77. The number of nitrogens with two attached hydrogens (primary N) is 1. The summed E-state index contributed by atoms with van der Waals surface area (Å²) in [6.07, 6.45) is 4.99. The van der Waals surface area contributed by atoms with Gasteiger partial charge in [0.1, 0.15) is 0 Å². The van der Waals surface area contributed by atoms with Gasteiger partial charge in [0.05, 0.1) is 18.9 Å². The Bertz CT molecular complexity index is 904. The Morgan fingerprint density at radius 1 is 1.15 bits per heavy atom. The van der Waals surface area contributed by atoms with Crippen LogP contribution in [0, 0.1) is 0 Å². The fourth-order valence-corrected chi connectivity index (χ4v) is 3.83. The second-order valence-corrected chi connectivity index (χ2v) is 7.42. The van der Waals surface area contributed by atoms with Gasteiger partial charge in [0, 0.05) is 59.5 Å². The molecular weight excluding hydrogens is 394 g/mol. The highest BCUT2D eigenvalue weighted by atomic mass is 79.9. The lowest BCUT2D eigenvalue weighted by atomic mass is 10.1. The van der Waals surface area contributed by atoms with Gasteiger partial charge in [0.15, 0.2) is 0 Å². The van der Waals surface area contributed by atoms with Gasteiger partial charge in [-0.3, -0.25) is 4.90 Å². The fraction of sp³-hybridized carbons (Fsp3) is 0.368. The average Bonchev–Trinajstić information content (AvgIpc) is 3.00. The molecule has 0 aliphatic carbocycles. The first kappa shape index (κ1) is 17.5. The Balaban J connectivity index is 1.60. The number of ether oxygens (including phenoxy) is 1. The van der Waals surface area contributed by atoms with Crippen LogP contribution >= 0.6 is 15.9 Å². The predicted molar refractivity (Wildman–Crippen MR) is 107 cm³/mol. The van der Waals surface area contributed by atoms with E-state index in [-0.39, 0.29) is 0 Å². The minimum Gasteiger partial charge on any atom is -0.379 e. The zero-order valence-corrected chi connectivity index (χ0v) is 16.2. The fourth-order valence-electron chi connectivity index (χ4n) is 3.47. The van der Waals surface area contributed by atoms with Gasteiger partial charge < -0.3 is 15.0 Å². The largest absolute Gasteiger partial charge is 0.379 e. The number of rotatable bonds is 5. The summed E-state index contributed by atoms with van der Waals surface area (Å²) in [6.45, 7) is 5.82. The van der Waals surface area contributed by atoms with Crippen molar-refractivity contribution in [3.8, 4) is 11.3 Å². The molecule has 0 bridgehead atoms. The van der Waals surface area contributed by atoms with Crippen LogP contribution in [0.2, 0.25) is 0 Å². The smallest absolute Gasteiger partial charge is 0.220 e. The molecule has 7 heteroatoms. The third-order valence-corrected chi connectivity index (χ3v) is 5.26. The Morgan fingerprint density at radius 3 is 2.81 bits per heavy atom. The van der Waals surface area contributed by atoms with Gasteiger partial charge in [-0.1, -0.05) is 15.9 Å². The van der Waals surface area contributed by atoms with Gasteiger partial charge >= 0.3 is 0 Å². The maximum atomic E-state index is 5.79. The molecule has 4 rings (SSSR count). The van der Waals surface area contributed by atoms with Crippen molar-refractivity contribution in [2.75, 3.05) is 38.6 Å². The van der Waals surface area contributed by atoms with Crippen molar-refractivity contribution in [1.29, 1.82) is 0 Å². The molecule has 0 spiro atoms. The molecule has 0 radical (unpaired) electrons. The van der Waals surface area contributed by atoms with Crippen molar-refractivity contribution in [3.63, 3.8) is 0 Å². The molecule has 0 amide bonds. The molecule has 0 atom stereocenters. The van der Waals surface area contributed by atoms with E-state index in [1.54, 1.807) is 6.20 Å². The van der Waals surface area contributed by atoms with E-state index in [0.29, 0.717) is 5.95 Å². The number of hydrogen-bond acceptors (Lipinski definition) is 5. The molecule has 1 fully saturated rings. The lowest BCUT2D eigenvalue weighted by Crippen LogP contribution is -2.37. The Kier molecular flexibility index (Phi) is 5.19. The van der Waals surface area contributed by atoms with Gasteiger partial charge in [0.25, 0.3) is 0 Å². The summed E-state index contributed by atoms with van der Waals surface area (Å²) in [6, 6.07) is 8.28. The van der Waals surface area contributed by atoms with E-state index in [1.165, 1.54) is 10.9 Å². The number of aromatic nitrogens is 3. The van der Waals surface area contributed by atoms with E-state index in [1.807, 2.05) is 6.07 Å². The molecule has 3 aromatic rings. The van der Waals surface area contributed by atoms with Crippen LogP contribution in [0.25, 0.3) is 22.2 Å². The molecule has 3 heterocycles. The summed E-state index contributed by atoms with van der Waals surface area (Å²) in [7, 11) is 0. The summed E-state index contributed by atoms with van der Waals surface area (Å²) < 4.78 is 8.79. The van der Waals surface area contributed by atoms with Gasteiger partial charge in [0.2, 0.25) is 5.95 Å². The van der Waals surface area contributed by atoms with Crippen LogP contribution in [-0.4, -0.2) is 52.3 Å². The van der Waals surface area contributed by atoms with Gasteiger partial charge in [-0.15, -0.1) is 0 Å². The summed E-state index contributed by atoms with van der Waals surface area (Å²) >= 11 is 3.58. The maximum Gasteiger partial charge on any atom is 0.220 e. The van der Waals surface area contributed by atoms with Crippen LogP contribution in [-0.2, 0) is 11.3 Å². The summed E-state index contributed by atoms with van der Waals surface area (Å²) in [5.74, 6) is 0.297. The number of morpholine rings is 1. The monoisotopic (exact) mass is 415 g/mol. The van der Waals surface area contributed by atoms with Crippen LogP contribution in [0.15, 0.2) is 41.1 Å². The van der Waals surface area contributed by atoms with Crippen LogP contribution in [0.1, 0.15) is 6.42 Å². The molecule has 2 aromatic heterocycles. The molecular formula is C19H22BrN5O. The topological polar surface area (TPSA) is 69.2 Å². The highest BCUT2D eigenvalue weighted by Crippen LogP contribution is 2.32. The maximum absolute atomic E-state index is 5.79. The summed E-state index contributed by atoms with van der Waals surface area (Å²) in [5.41, 5.74) is 8.94. The van der Waals surface area contributed by atoms with Crippen molar-refractivity contribution >= 4 is 32.8 Å². The number of benzene rings is 1. The van der Waals surface area contributed by atoms with Crippen molar-refractivity contribution in [2.24, 2.45) is 0 Å². The standard InChI is InChI=1S/C19H22BrN5O/c20-14-2-3-18-15(12-14)16(17-4-5-22-19(21)23-17)13-25(18)7-1-6-24-8-10-26-11-9-24/h2-5,12-13H,1,6-11H2,(H2,21,22,23). The molecule has 136 valence electrons. The predicted octanol–water partition coefficient (Wildman–Crippen LogP) is 3.17. The number of anilines is 1. The first-order valence-electron chi connectivity index (χ1n) is 8.88. The van der Waals surface area contributed by atoms with E-state index in [2.05, 4.69) is 59.8 Å². The van der Waals surface area contributed by atoms with Crippen molar-refractivity contribution < 1.29 is 4.74 Å². The van der Waals surface area contributed by atoms with Crippen LogP contribution in [0.3, 0.4) is 0 Å². The normalized spacial score (nSPS) is 15.6. The second-order valence-electron chi connectivity index (χ2n) is 6.51. The molecule has 26 heavy (non-hydrogen) atoms. The number of halogens is 1. The number of nitrogens with zero attached hydrogens (tertiary/aromatic N) is 4. The molecule has 1 aliphatic heterocycles. The number of fused-ring (bicyclic) bond motifs is 1. The van der Waals surface area contributed by atoms with E-state index in [4.69, 9.17) is 10.5 Å². The molecule has 1 aromatic carbocycles. The van der Waals surface area contributed by atoms with E-state index >= 15 is 0 Å². The first-order valence-corrected chi connectivity index (χ1v) is 9.67. The average molecular weight is 416 g/mol. The number of aryl methyl sites for hydroxylation is 1. The minimum absolute atomic E-state index is 0.297. The Labute approximate surface area is 161 Å². The Hall–Kier alpha value is -1.96. The summed E-state index contributed by atoms with van der Waals surface area (Å²) in [5, 5.41) is 1.17. The van der Waals surface area contributed by atoms with Gasteiger partial charge in [-0.05, 0) is 30.7 Å². The third kappa shape index (κ3) is 3.75. The zero-order valence-electron chi connectivity index (χ0n) is 14.6. The van der Waals surface area contributed by atoms with Crippen molar-refractivity contribution in [2.45, 2.75) is 13.0 Å². The first-order chi connectivity index (χ1) is 12.7.